The Balaban J connectivity index is 2.18. The van der Waals surface area contributed by atoms with E-state index in [2.05, 4.69) is 14.7 Å². The number of aryl methyl sites for hydroxylation is 1. The fourth-order valence-corrected chi connectivity index (χ4v) is 3.40. The van der Waals surface area contributed by atoms with Crippen LogP contribution in [0, 0.1) is 0 Å². The molecule has 0 spiro atoms. The van der Waals surface area contributed by atoms with Crippen molar-refractivity contribution in [2.24, 2.45) is 7.05 Å². The van der Waals surface area contributed by atoms with Gasteiger partial charge in [-0.15, -0.1) is 0 Å². The molecule has 0 N–H and O–H groups in total. The van der Waals surface area contributed by atoms with Crippen molar-refractivity contribution < 1.29 is 17.9 Å². The molecule has 118 valence electrons. The van der Waals surface area contributed by atoms with Crippen LogP contribution in [0.3, 0.4) is 0 Å². The van der Waals surface area contributed by atoms with E-state index in [1.54, 1.807) is 12.1 Å². The third-order valence-electron chi connectivity index (χ3n) is 3.07. The summed E-state index contributed by atoms with van der Waals surface area (Å²) in [6.07, 6.45) is 2.98. The largest absolute Gasteiger partial charge is 0.464 e. The van der Waals surface area contributed by atoms with Crippen molar-refractivity contribution in [3.8, 4) is 0 Å². The van der Waals surface area contributed by atoms with E-state index >= 15 is 0 Å². The molecule has 0 fully saturated rings. The lowest BCUT2D eigenvalue weighted by Crippen LogP contribution is -2.16. The standard InChI is InChI=1S/C13H14ClN3O4S/c1-17-10(12(18)21-2)8-16-13(17)22(19,20)6-5-9-3-4-11(14)15-7-9/h3-4,7-8H,5-6H2,1-2H3. The van der Waals surface area contributed by atoms with Gasteiger partial charge < -0.3 is 9.30 Å². The van der Waals surface area contributed by atoms with Crippen LogP contribution < -0.4 is 0 Å². The van der Waals surface area contributed by atoms with Gasteiger partial charge in [-0.05, 0) is 18.1 Å². The van der Waals surface area contributed by atoms with Gasteiger partial charge in [-0.25, -0.2) is 23.2 Å². The van der Waals surface area contributed by atoms with Gasteiger partial charge in [-0.1, -0.05) is 17.7 Å². The normalized spacial score (nSPS) is 11.4. The van der Waals surface area contributed by atoms with Gasteiger partial charge in [0, 0.05) is 13.2 Å². The number of hydrogen-bond donors (Lipinski definition) is 0. The summed E-state index contributed by atoms with van der Waals surface area (Å²) in [6, 6.07) is 3.31. The minimum atomic E-state index is -3.64. The molecule has 7 nitrogen and oxygen atoms in total. The maximum absolute atomic E-state index is 12.3. The van der Waals surface area contributed by atoms with Gasteiger partial charge in [0.25, 0.3) is 0 Å². The molecule has 0 bridgehead atoms. The van der Waals surface area contributed by atoms with E-state index in [1.807, 2.05) is 0 Å². The van der Waals surface area contributed by atoms with E-state index in [0.717, 1.165) is 5.56 Å². The third kappa shape index (κ3) is 3.45. The zero-order valence-electron chi connectivity index (χ0n) is 12.0. The van der Waals surface area contributed by atoms with Crippen LogP contribution in [0.2, 0.25) is 5.15 Å². The van der Waals surface area contributed by atoms with E-state index < -0.39 is 15.8 Å². The molecule has 0 aliphatic heterocycles. The number of esters is 1. The fourth-order valence-electron chi connectivity index (χ4n) is 1.87. The van der Waals surface area contributed by atoms with E-state index in [9.17, 15) is 13.2 Å². The number of aromatic nitrogens is 3. The molecule has 0 aliphatic rings. The summed E-state index contributed by atoms with van der Waals surface area (Å²) < 4.78 is 30.4. The summed E-state index contributed by atoms with van der Waals surface area (Å²) in [7, 11) is -0.963. The highest BCUT2D eigenvalue weighted by Crippen LogP contribution is 2.14. The predicted octanol–water partition coefficient (Wildman–Crippen LogP) is 1.27. The van der Waals surface area contributed by atoms with Gasteiger partial charge in [-0.2, -0.15) is 0 Å². The Hall–Kier alpha value is -1.93. The zero-order chi connectivity index (χ0) is 16.3. The summed E-state index contributed by atoms with van der Waals surface area (Å²) >= 11 is 5.68. The molecule has 0 saturated heterocycles. The Labute approximate surface area is 132 Å². The Morgan fingerprint density at radius 3 is 2.64 bits per heavy atom. The number of pyridine rings is 1. The Morgan fingerprint density at radius 1 is 1.32 bits per heavy atom. The van der Waals surface area contributed by atoms with E-state index in [1.165, 1.54) is 31.1 Å². The smallest absolute Gasteiger partial charge is 0.356 e. The van der Waals surface area contributed by atoms with Crippen molar-refractivity contribution >= 4 is 27.4 Å². The van der Waals surface area contributed by atoms with Gasteiger partial charge in [0.05, 0.1) is 19.1 Å². The molecule has 0 aliphatic carbocycles. The minimum Gasteiger partial charge on any atom is -0.464 e. The molecule has 2 heterocycles. The van der Waals surface area contributed by atoms with Crippen LogP contribution in [0.15, 0.2) is 29.7 Å². The van der Waals surface area contributed by atoms with E-state index in [0.29, 0.717) is 5.15 Å². The van der Waals surface area contributed by atoms with Gasteiger partial charge in [0.15, 0.2) is 0 Å². The number of rotatable bonds is 5. The summed E-state index contributed by atoms with van der Waals surface area (Å²) in [5, 5.41) is 0.174. The molecule has 9 heteroatoms. The molecule has 0 amide bonds. The molecule has 2 rings (SSSR count). The van der Waals surface area contributed by atoms with Crippen LogP contribution in [0.4, 0.5) is 0 Å². The highest BCUT2D eigenvalue weighted by molar-refractivity contribution is 7.91. The number of halogens is 1. The summed E-state index contributed by atoms with van der Waals surface area (Å²) in [6.45, 7) is 0. The first kappa shape index (κ1) is 16.4. The first-order valence-corrected chi connectivity index (χ1v) is 8.31. The van der Waals surface area contributed by atoms with Crippen LogP contribution >= 0.6 is 11.6 Å². The van der Waals surface area contributed by atoms with Crippen molar-refractivity contribution in [2.75, 3.05) is 12.9 Å². The molecule has 2 aromatic rings. The van der Waals surface area contributed by atoms with Crippen molar-refractivity contribution in [1.82, 2.24) is 14.5 Å². The van der Waals surface area contributed by atoms with Crippen molar-refractivity contribution in [3.05, 3.63) is 40.9 Å². The second-order valence-corrected chi connectivity index (χ2v) is 6.92. The zero-order valence-corrected chi connectivity index (χ0v) is 13.6. The van der Waals surface area contributed by atoms with Gasteiger partial charge in [-0.3, -0.25) is 0 Å². The topological polar surface area (TPSA) is 91.2 Å². The number of methoxy groups -OCH3 is 1. The number of imidazole rings is 1. The number of nitrogens with zero attached hydrogens (tertiary/aromatic N) is 3. The summed E-state index contributed by atoms with van der Waals surface area (Å²) in [4.78, 5) is 19.2. The van der Waals surface area contributed by atoms with Crippen LogP contribution in [-0.2, 0) is 28.0 Å². The van der Waals surface area contributed by atoms with Gasteiger partial charge >= 0.3 is 5.97 Å². The van der Waals surface area contributed by atoms with Crippen molar-refractivity contribution in [2.45, 2.75) is 11.6 Å². The maximum atomic E-state index is 12.3. The first-order chi connectivity index (χ1) is 10.3. The number of ether oxygens (including phenoxy) is 1. The van der Waals surface area contributed by atoms with E-state index in [4.69, 9.17) is 11.6 Å². The summed E-state index contributed by atoms with van der Waals surface area (Å²) in [5.41, 5.74) is 0.824. The van der Waals surface area contributed by atoms with Crippen LogP contribution in [-0.4, -0.2) is 41.8 Å². The predicted molar refractivity (Wildman–Crippen MR) is 79.6 cm³/mol. The molecular weight excluding hydrogens is 330 g/mol. The number of sulfone groups is 1. The minimum absolute atomic E-state index is 0.0780. The Kier molecular flexibility index (Phi) is 4.82. The van der Waals surface area contributed by atoms with Crippen molar-refractivity contribution in [3.63, 3.8) is 0 Å². The molecule has 0 atom stereocenters. The SMILES string of the molecule is COC(=O)c1cnc(S(=O)(=O)CCc2ccc(Cl)nc2)n1C. The molecule has 22 heavy (non-hydrogen) atoms. The second-order valence-electron chi connectivity index (χ2n) is 4.53. The maximum Gasteiger partial charge on any atom is 0.356 e. The number of carbonyl (C=O) groups excluding carboxylic acids is 1. The summed E-state index contributed by atoms with van der Waals surface area (Å²) in [5.74, 6) is -0.791. The van der Waals surface area contributed by atoms with Gasteiger partial charge in [0.1, 0.15) is 10.8 Å². The first-order valence-electron chi connectivity index (χ1n) is 6.28. The molecule has 2 aromatic heterocycles. The van der Waals surface area contributed by atoms with Crippen molar-refractivity contribution in [1.29, 1.82) is 0 Å². The lowest BCUT2D eigenvalue weighted by Gasteiger charge is -2.06. The van der Waals surface area contributed by atoms with Crippen LogP contribution in [0.1, 0.15) is 16.1 Å². The third-order valence-corrected chi connectivity index (χ3v) is 4.97. The molecule has 0 saturated carbocycles. The van der Waals surface area contributed by atoms with Crippen LogP contribution in [0.25, 0.3) is 0 Å². The Morgan fingerprint density at radius 2 is 2.05 bits per heavy atom. The molecule has 0 radical (unpaired) electrons. The number of carbonyl (C=O) groups is 1. The fraction of sp³-hybridized carbons (Fsp3) is 0.308. The molecular formula is C13H14ClN3O4S. The lowest BCUT2D eigenvalue weighted by molar-refractivity contribution is 0.0589. The van der Waals surface area contributed by atoms with E-state index in [-0.39, 0.29) is 23.0 Å². The average Bonchev–Trinajstić information content (AvgIpc) is 2.88. The Bertz CT molecular complexity index is 784. The lowest BCUT2D eigenvalue weighted by atomic mass is 10.2. The highest BCUT2D eigenvalue weighted by atomic mass is 35.5. The van der Waals surface area contributed by atoms with Gasteiger partial charge in [0.2, 0.25) is 15.0 Å². The molecule has 0 unspecified atom stereocenters. The second kappa shape index (κ2) is 6.45. The highest BCUT2D eigenvalue weighted by Gasteiger charge is 2.24. The monoisotopic (exact) mass is 343 g/mol. The van der Waals surface area contributed by atoms with Crippen LogP contribution in [0.5, 0.6) is 0 Å². The quantitative estimate of drug-likeness (QED) is 0.599. The molecule has 0 aromatic carbocycles. The average molecular weight is 344 g/mol. The number of hydrogen-bond acceptors (Lipinski definition) is 6.